The number of hydrogen-bond acceptors (Lipinski definition) is 7. The summed E-state index contributed by atoms with van der Waals surface area (Å²) >= 11 is 1.58. The number of benzene rings is 2. The van der Waals surface area contributed by atoms with Crippen LogP contribution >= 0.6 is 11.3 Å². The molecule has 1 aliphatic rings. The summed E-state index contributed by atoms with van der Waals surface area (Å²) in [6.07, 6.45) is 1.06. The number of carbonyl (C=O) groups excluding carboxylic acids is 3. The van der Waals surface area contributed by atoms with Gasteiger partial charge in [0.05, 0.1) is 18.9 Å². The number of ether oxygens (including phenoxy) is 1. The number of hydrogen-bond donors (Lipinski definition) is 1. The van der Waals surface area contributed by atoms with Gasteiger partial charge < -0.3 is 15.0 Å². The minimum Gasteiger partial charge on any atom is -0.467 e. The Morgan fingerprint density at radius 3 is 2.56 bits per heavy atom. The van der Waals surface area contributed by atoms with Gasteiger partial charge in [-0.05, 0) is 24.6 Å². The summed E-state index contributed by atoms with van der Waals surface area (Å²) in [5.74, 6) is -1.64. The molecule has 2 heterocycles. The van der Waals surface area contributed by atoms with Crippen LogP contribution in [0.2, 0.25) is 0 Å². The summed E-state index contributed by atoms with van der Waals surface area (Å²) in [6, 6.07) is 12.4. The molecular weight excluding hydrogens is 452 g/mol. The molecule has 1 aromatic heterocycles. The van der Waals surface area contributed by atoms with E-state index in [1.165, 1.54) is 12.0 Å². The second kappa shape index (κ2) is 8.51. The molecule has 0 radical (unpaired) electrons. The smallest absolute Gasteiger partial charge is 0.328 e. The van der Waals surface area contributed by atoms with Gasteiger partial charge in [-0.2, -0.15) is 0 Å². The largest absolute Gasteiger partial charge is 0.467 e. The summed E-state index contributed by atoms with van der Waals surface area (Å²) in [4.78, 5) is 38.6. The molecule has 2 aromatic carbocycles. The van der Waals surface area contributed by atoms with E-state index in [0.717, 1.165) is 26.4 Å². The Morgan fingerprint density at radius 2 is 1.84 bits per heavy atom. The fraction of sp³-hybridized carbons (Fsp3) is 0.318. The minimum absolute atomic E-state index is 0.0200. The van der Waals surface area contributed by atoms with Crippen LogP contribution in [0.25, 0.3) is 20.2 Å². The predicted molar refractivity (Wildman–Crippen MR) is 122 cm³/mol. The first-order valence-corrected chi connectivity index (χ1v) is 12.7. The molecule has 0 bridgehead atoms. The van der Waals surface area contributed by atoms with Crippen molar-refractivity contribution >= 4 is 59.1 Å². The van der Waals surface area contributed by atoms with E-state index < -0.39 is 38.9 Å². The number of esters is 1. The lowest BCUT2D eigenvalue weighted by Gasteiger charge is -2.22. The van der Waals surface area contributed by atoms with E-state index in [2.05, 4.69) is 5.32 Å². The number of nitrogens with zero attached hydrogens (tertiary/aromatic N) is 1. The second-order valence-electron chi connectivity index (χ2n) is 7.76. The van der Waals surface area contributed by atoms with Crippen molar-refractivity contribution in [3.8, 4) is 0 Å². The van der Waals surface area contributed by atoms with Crippen molar-refractivity contribution in [2.45, 2.75) is 17.7 Å². The molecule has 0 saturated carbocycles. The molecule has 2 atom stereocenters. The number of nitrogens with one attached hydrogen (secondary N) is 1. The number of methoxy groups -OCH3 is 1. The van der Waals surface area contributed by atoms with Crippen LogP contribution < -0.4 is 5.32 Å². The number of carbonyl (C=O) groups is 3. The summed E-state index contributed by atoms with van der Waals surface area (Å²) in [6.45, 7) is -0.464. The van der Waals surface area contributed by atoms with E-state index in [1.54, 1.807) is 23.5 Å². The highest BCUT2D eigenvalue weighted by Gasteiger charge is 2.43. The maximum absolute atomic E-state index is 12.7. The van der Waals surface area contributed by atoms with Gasteiger partial charge in [0.2, 0.25) is 5.91 Å². The number of thiophene rings is 1. The molecular formula is C22H22N2O6S2. The molecule has 8 nitrogen and oxygen atoms in total. The van der Waals surface area contributed by atoms with Crippen LogP contribution in [0.4, 0.5) is 0 Å². The zero-order valence-electron chi connectivity index (χ0n) is 17.5. The molecule has 1 fully saturated rings. The monoisotopic (exact) mass is 474 g/mol. The van der Waals surface area contributed by atoms with E-state index >= 15 is 0 Å². The van der Waals surface area contributed by atoms with Gasteiger partial charge in [-0.3, -0.25) is 9.59 Å². The molecule has 0 spiro atoms. The number of sulfone groups is 1. The van der Waals surface area contributed by atoms with Crippen molar-refractivity contribution in [3.63, 3.8) is 0 Å². The van der Waals surface area contributed by atoms with Gasteiger partial charge in [-0.1, -0.05) is 24.3 Å². The summed E-state index contributed by atoms with van der Waals surface area (Å²) in [7, 11) is -2.25. The molecule has 4 rings (SSSR count). The van der Waals surface area contributed by atoms with Crippen molar-refractivity contribution in [3.05, 3.63) is 48.0 Å². The number of likely N-dealkylation sites (tertiary alicyclic amines) is 1. The van der Waals surface area contributed by atoms with Crippen LogP contribution in [0.15, 0.2) is 42.5 Å². The zero-order valence-corrected chi connectivity index (χ0v) is 19.2. The SMILES string of the molecule is COC(=O)[C@@H]1C[C@@H](S(C)(=O)=O)CN1C(=O)CNC(=O)c1ccc2c(c1)sc1ccccc12. The van der Waals surface area contributed by atoms with E-state index in [0.29, 0.717) is 5.56 Å². The predicted octanol–water partition coefficient (Wildman–Crippen LogP) is 1.97. The molecule has 168 valence electrons. The van der Waals surface area contributed by atoms with Crippen LogP contribution in [0, 0.1) is 0 Å². The second-order valence-corrected chi connectivity index (χ2v) is 11.2. The topological polar surface area (TPSA) is 110 Å². The van der Waals surface area contributed by atoms with E-state index in [4.69, 9.17) is 4.74 Å². The van der Waals surface area contributed by atoms with Gasteiger partial charge in [0.1, 0.15) is 6.04 Å². The Balaban J connectivity index is 1.47. The zero-order chi connectivity index (χ0) is 23.0. The average Bonchev–Trinajstić information content (AvgIpc) is 3.38. The Labute approximate surface area is 189 Å². The first-order chi connectivity index (χ1) is 15.2. The summed E-state index contributed by atoms with van der Waals surface area (Å²) < 4.78 is 30.7. The highest BCUT2D eigenvalue weighted by Crippen LogP contribution is 2.34. The van der Waals surface area contributed by atoms with Crippen LogP contribution in [0.5, 0.6) is 0 Å². The average molecular weight is 475 g/mol. The normalized spacial score (nSPS) is 18.8. The molecule has 1 aliphatic heterocycles. The molecule has 0 aliphatic carbocycles. The number of fused-ring (bicyclic) bond motifs is 3. The Kier molecular flexibility index (Phi) is 5.91. The maximum Gasteiger partial charge on any atom is 0.328 e. The fourth-order valence-electron chi connectivity index (χ4n) is 3.97. The lowest BCUT2D eigenvalue weighted by atomic mass is 10.1. The molecule has 3 aromatic rings. The quantitative estimate of drug-likeness (QED) is 0.566. The minimum atomic E-state index is -3.44. The van der Waals surface area contributed by atoms with Crippen LogP contribution in [0.1, 0.15) is 16.8 Å². The van der Waals surface area contributed by atoms with Crippen molar-refractivity contribution in [2.75, 3.05) is 26.5 Å². The third kappa shape index (κ3) is 4.20. The molecule has 10 heteroatoms. The Morgan fingerprint density at radius 1 is 1.12 bits per heavy atom. The molecule has 2 amide bonds. The molecule has 1 saturated heterocycles. The van der Waals surface area contributed by atoms with E-state index in [1.807, 2.05) is 30.3 Å². The van der Waals surface area contributed by atoms with Gasteiger partial charge in [0.15, 0.2) is 9.84 Å². The first kappa shape index (κ1) is 22.2. The number of amides is 2. The van der Waals surface area contributed by atoms with Crippen molar-refractivity contribution in [1.82, 2.24) is 10.2 Å². The van der Waals surface area contributed by atoms with Gasteiger partial charge in [-0.25, -0.2) is 13.2 Å². The molecule has 1 N–H and O–H groups in total. The van der Waals surface area contributed by atoms with Crippen LogP contribution in [-0.2, 0) is 24.2 Å². The van der Waals surface area contributed by atoms with Gasteiger partial charge in [0.25, 0.3) is 5.91 Å². The molecule has 0 unspecified atom stereocenters. The first-order valence-electron chi connectivity index (χ1n) is 9.94. The van der Waals surface area contributed by atoms with Gasteiger partial charge >= 0.3 is 5.97 Å². The van der Waals surface area contributed by atoms with Crippen molar-refractivity contribution < 1.29 is 27.5 Å². The maximum atomic E-state index is 12.7. The van der Waals surface area contributed by atoms with Crippen molar-refractivity contribution in [1.29, 1.82) is 0 Å². The fourth-order valence-corrected chi connectivity index (χ4v) is 6.08. The standard InChI is InChI=1S/C22H22N2O6S2/c1-30-22(27)17-10-14(32(2,28)29)12-24(17)20(25)11-23-21(26)13-7-8-16-15-5-3-4-6-18(15)31-19(16)9-13/h3-9,14,17H,10-12H2,1-2H3,(H,23,26)/t14-,17+/m1/s1. The summed E-state index contributed by atoms with van der Waals surface area (Å²) in [5.41, 5.74) is 0.414. The van der Waals surface area contributed by atoms with Gasteiger partial charge in [0, 0.05) is 38.5 Å². The Bertz CT molecular complexity index is 1330. The summed E-state index contributed by atoms with van der Waals surface area (Å²) in [5, 5.41) is 3.91. The Hall–Kier alpha value is -2.98. The van der Waals surface area contributed by atoms with Crippen LogP contribution in [-0.4, -0.2) is 68.8 Å². The lowest BCUT2D eigenvalue weighted by molar-refractivity contribution is -0.150. The highest BCUT2D eigenvalue weighted by atomic mass is 32.2. The van der Waals surface area contributed by atoms with Gasteiger partial charge in [-0.15, -0.1) is 11.3 Å². The van der Waals surface area contributed by atoms with Crippen molar-refractivity contribution in [2.24, 2.45) is 0 Å². The lowest BCUT2D eigenvalue weighted by Crippen LogP contribution is -2.46. The van der Waals surface area contributed by atoms with E-state index in [-0.39, 0.29) is 19.5 Å². The van der Waals surface area contributed by atoms with Crippen LogP contribution in [0.3, 0.4) is 0 Å². The molecule has 32 heavy (non-hydrogen) atoms. The third-order valence-corrected chi connectivity index (χ3v) is 8.39. The number of rotatable bonds is 5. The highest BCUT2D eigenvalue weighted by molar-refractivity contribution is 7.91. The third-order valence-electron chi connectivity index (χ3n) is 5.70. The van der Waals surface area contributed by atoms with E-state index in [9.17, 15) is 22.8 Å².